The first-order chi connectivity index (χ1) is 12.1. The fraction of sp³-hybridized carbons (Fsp3) is 0.533. The van der Waals surface area contributed by atoms with Crippen LogP contribution in [0.3, 0.4) is 0 Å². The molecule has 2 saturated heterocycles. The number of hydrogen-bond acceptors (Lipinski definition) is 6. The predicted molar refractivity (Wildman–Crippen MR) is 80.6 cm³/mol. The smallest absolute Gasteiger partial charge is 0.468 e. The van der Waals surface area contributed by atoms with Crippen LogP contribution in [0.4, 0.5) is 13.2 Å². The number of sulfonamides is 1. The van der Waals surface area contributed by atoms with Crippen molar-refractivity contribution in [2.24, 2.45) is 11.3 Å². The zero-order chi connectivity index (χ0) is 19.2. The van der Waals surface area contributed by atoms with Crippen molar-refractivity contribution in [3.05, 3.63) is 24.3 Å². The minimum atomic E-state index is -5.03. The fourth-order valence-electron chi connectivity index (χ4n) is 3.38. The van der Waals surface area contributed by atoms with Crippen LogP contribution in [0.15, 0.2) is 29.2 Å². The molecule has 0 spiro atoms. The highest BCUT2D eigenvalue weighted by Gasteiger charge is 2.59. The molecule has 2 aliphatic heterocycles. The molecule has 0 N–H and O–H groups in total. The molecule has 2 aliphatic rings. The number of hydrogen-bond donors (Lipinski definition) is 0. The number of nitrogens with zero attached hydrogens (tertiary/aromatic N) is 1. The summed E-state index contributed by atoms with van der Waals surface area (Å²) in [5.41, 5.74) is -1.15. The zero-order valence-electron chi connectivity index (χ0n) is 13.7. The van der Waals surface area contributed by atoms with Gasteiger partial charge in [0, 0.05) is 19.0 Å². The van der Waals surface area contributed by atoms with Crippen LogP contribution in [0, 0.1) is 11.3 Å². The molecule has 144 valence electrons. The van der Waals surface area contributed by atoms with Crippen molar-refractivity contribution < 1.29 is 40.6 Å². The van der Waals surface area contributed by atoms with E-state index in [0.717, 1.165) is 16.4 Å². The Labute approximate surface area is 147 Å². The maximum Gasteiger partial charge on any atom is 0.573 e. The maximum absolute atomic E-state index is 12.9. The molecule has 0 aromatic heterocycles. The van der Waals surface area contributed by atoms with E-state index in [-0.39, 0.29) is 26.3 Å². The molecule has 0 aliphatic carbocycles. The number of carbonyl (C=O) groups is 1. The summed E-state index contributed by atoms with van der Waals surface area (Å²) >= 11 is 0. The highest BCUT2D eigenvalue weighted by molar-refractivity contribution is 7.89. The summed E-state index contributed by atoms with van der Waals surface area (Å²) in [6.07, 6.45) is -5.03. The Morgan fingerprint density at radius 3 is 2.69 bits per heavy atom. The second-order valence-corrected chi connectivity index (χ2v) is 8.06. The number of benzene rings is 1. The Morgan fingerprint density at radius 2 is 2.04 bits per heavy atom. The summed E-state index contributed by atoms with van der Waals surface area (Å²) in [5, 5.41) is 0. The molecule has 7 nitrogen and oxygen atoms in total. The van der Waals surface area contributed by atoms with Gasteiger partial charge in [-0.25, -0.2) is 8.42 Å². The molecule has 11 heteroatoms. The van der Waals surface area contributed by atoms with Crippen molar-refractivity contribution in [1.82, 2.24) is 4.31 Å². The second-order valence-electron chi connectivity index (χ2n) is 6.15. The van der Waals surface area contributed by atoms with Crippen LogP contribution >= 0.6 is 0 Å². The minimum Gasteiger partial charge on any atom is -0.468 e. The molecule has 1 aromatic rings. The molecule has 2 atom stereocenters. The summed E-state index contributed by atoms with van der Waals surface area (Å²) < 4.78 is 78.5. The van der Waals surface area contributed by atoms with Crippen LogP contribution in [0.25, 0.3) is 0 Å². The third-order valence-electron chi connectivity index (χ3n) is 4.63. The van der Waals surface area contributed by atoms with E-state index in [1.54, 1.807) is 0 Å². The summed E-state index contributed by atoms with van der Waals surface area (Å²) in [5.74, 6) is -1.85. The van der Waals surface area contributed by atoms with Crippen molar-refractivity contribution in [2.45, 2.75) is 11.3 Å². The van der Waals surface area contributed by atoms with E-state index < -0.39 is 44.3 Å². The molecule has 0 radical (unpaired) electrons. The number of para-hydroxylation sites is 1. The molecule has 0 unspecified atom stereocenters. The molecule has 2 heterocycles. The average molecular weight is 395 g/mol. The first-order valence-electron chi connectivity index (χ1n) is 7.61. The summed E-state index contributed by atoms with van der Waals surface area (Å²) in [7, 11) is -3.13. The molecule has 26 heavy (non-hydrogen) atoms. The zero-order valence-corrected chi connectivity index (χ0v) is 14.5. The predicted octanol–water partition coefficient (Wildman–Crippen LogP) is 1.40. The molecule has 0 saturated carbocycles. The molecular formula is C15H16F3NO6S. The van der Waals surface area contributed by atoms with E-state index in [9.17, 15) is 26.4 Å². The number of carbonyl (C=O) groups excluding carboxylic acids is 1. The number of halogens is 3. The number of methoxy groups -OCH3 is 1. The molecule has 3 rings (SSSR count). The summed E-state index contributed by atoms with van der Waals surface area (Å²) in [6, 6.07) is 4.50. The fourth-order valence-corrected chi connectivity index (χ4v) is 5.04. The van der Waals surface area contributed by atoms with Gasteiger partial charge in [-0.05, 0) is 12.1 Å². The van der Waals surface area contributed by atoms with Gasteiger partial charge in [-0.1, -0.05) is 12.1 Å². The van der Waals surface area contributed by atoms with Crippen LogP contribution in [-0.4, -0.2) is 58.5 Å². The average Bonchev–Trinajstić information content (AvgIpc) is 3.11. The van der Waals surface area contributed by atoms with Crippen LogP contribution in [0.2, 0.25) is 0 Å². The monoisotopic (exact) mass is 395 g/mol. The first-order valence-corrected chi connectivity index (χ1v) is 9.05. The van der Waals surface area contributed by atoms with Gasteiger partial charge >= 0.3 is 12.3 Å². The van der Waals surface area contributed by atoms with Gasteiger partial charge in [0.15, 0.2) is 0 Å². The normalized spacial score (nSPS) is 26.5. The SMILES string of the molecule is COC(=O)[C@@]12COC[C@@H]1CN(S(=O)(=O)c1ccccc1OC(F)(F)F)C2. The van der Waals surface area contributed by atoms with E-state index in [1.165, 1.54) is 19.2 Å². The van der Waals surface area contributed by atoms with Gasteiger partial charge in [0.2, 0.25) is 10.0 Å². The van der Waals surface area contributed by atoms with E-state index in [0.29, 0.717) is 0 Å². The first kappa shape index (κ1) is 18.9. The van der Waals surface area contributed by atoms with Crippen molar-refractivity contribution in [3.8, 4) is 5.75 Å². The van der Waals surface area contributed by atoms with Crippen molar-refractivity contribution >= 4 is 16.0 Å². The minimum absolute atomic E-state index is 0.00292. The lowest BCUT2D eigenvalue weighted by molar-refractivity contribution is -0.275. The van der Waals surface area contributed by atoms with E-state index >= 15 is 0 Å². The molecule has 1 aromatic carbocycles. The molecule has 0 bridgehead atoms. The van der Waals surface area contributed by atoms with Gasteiger partial charge in [-0.2, -0.15) is 4.31 Å². The second kappa shape index (κ2) is 6.39. The molecular weight excluding hydrogens is 379 g/mol. The van der Waals surface area contributed by atoms with Crippen molar-refractivity contribution in [1.29, 1.82) is 0 Å². The number of rotatable bonds is 4. The number of alkyl halides is 3. The topological polar surface area (TPSA) is 82.1 Å². The third-order valence-corrected chi connectivity index (χ3v) is 6.48. The van der Waals surface area contributed by atoms with Crippen LogP contribution < -0.4 is 4.74 Å². The lowest BCUT2D eigenvalue weighted by Crippen LogP contribution is -2.41. The van der Waals surface area contributed by atoms with Crippen LogP contribution in [-0.2, 0) is 24.3 Å². The summed E-state index contributed by atoms with van der Waals surface area (Å²) in [6.45, 7) is -0.121. The molecule has 0 amide bonds. The Morgan fingerprint density at radius 1 is 1.35 bits per heavy atom. The third kappa shape index (κ3) is 3.14. The highest BCUT2D eigenvalue weighted by Crippen LogP contribution is 2.45. The Balaban J connectivity index is 1.95. The van der Waals surface area contributed by atoms with Crippen LogP contribution in [0.1, 0.15) is 0 Å². The van der Waals surface area contributed by atoms with Crippen molar-refractivity contribution in [2.75, 3.05) is 33.4 Å². The van der Waals surface area contributed by atoms with Gasteiger partial charge in [0.05, 0.1) is 20.3 Å². The number of esters is 1. The number of ether oxygens (including phenoxy) is 3. The maximum atomic E-state index is 12.9. The standard InChI is InChI=1S/C15H16F3NO6S/c1-23-13(20)14-8-19(6-10(14)7-24-9-14)26(21,22)12-5-3-2-4-11(12)25-15(16,17)18/h2-5,10H,6-9H2,1H3/t10-,14-/m0/s1. The quantitative estimate of drug-likeness (QED) is 0.717. The largest absolute Gasteiger partial charge is 0.573 e. The Kier molecular flexibility index (Phi) is 4.65. The highest BCUT2D eigenvalue weighted by atomic mass is 32.2. The van der Waals surface area contributed by atoms with Gasteiger partial charge in [0.1, 0.15) is 16.1 Å². The van der Waals surface area contributed by atoms with Gasteiger partial charge in [-0.15, -0.1) is 13.2 Å². The molecule has 2 fully saturated rings. The van der Waals surface area contributed by atoms with Crippen LogP contribution in [0.5, 0.6) is 5.75 Å². The number of fused-ring (bicyclic) bond motifs is 1. The van der Waals surface area contributed by atoms with E-state index in [1.807, 2.05) is 0 Å². The Bertz CT molecular complexity index is 812. The van der Waals surface area contributed by atoms with Gasteiger partial charge < -0.3 is 14.2 Å². The van der Waals surface area contributed by atoms with Crippen molar-refractivity contribution in [3.63, 3.8) is 0 Å². The van der Waals surface area contributed by atoms with E-state index in [4.69, 9.17) is 9.47 Å². The van der Waals surface area contributed by atoms with Gasteiger partial charge in [0.25, 0.3) is 0 Å². The lowest BCUT2D eigenvalue weighted by Gasteiger charge is -2.24. The Hall–Kier alpha value is -1.85. The van der Waals surface area contributed by atoms with Gasteiger partial charge in [-0.3, -0.25) is 4.79 Å². The lowest BCUT2D eigenvalue weighted by atomic mass is 9.81. The summed E-state index contributed by atoms with van der Waals surface area (Å²) in [4.78, 5) is 11.6. The van der Waals surface area contributed by atoms with E-state index in [2.05, 4.69) is 4.74 Å².